The first-order valence-corrected chi connectivity index (χ1v) is 4.76. The first-order valence-electron chi connectivity index (χ1n) is 4.76. The second-order valence-electron chi connectivity index (χ2n) is 3.89. The highest BCUT2D eigenvalue weighted by Gasteiger charge is 2.14. The molecule has 0 aromatic heterocycles. The van der Waals surface area contributed by atoms with Crippen LogP contribution in [0.1, 0.15) is 20.8 Å². The van der Waals surface area contributed by atoms with Crippen LogP contribution < -0.4 is 5.32 Å². The summed E-state index contributed by atoms with van der Waals surface area (Å²) in [6.45, 7) is 5.31. The first-order chi connectivity index (χ1) is 7.35. The third kappa shape index (κ3) is 8.80. The van der Waals surface area contributed by atoms with Gasteiger partial charge in [0.25, 0.3) is 0 Å². The van der Waals surface area contributed by atoms with Crippen LogP contribution in [-0.2, 0) is 14.3 Å². The van der Waals surface area contributed by atoms with Gasteiger partial charge in [0.1, 0.15) is 5.60 Å². The van der Waals surface area contributed by atoms with Gasteiger partial charge in [0.2, 0.25) is 0 Å². The zero-order chi connectivity index (χ0) is 12.6. The number of carbonyl (C=O) groups excluding carboxylic acids is 2. The molecule has 0 aromatic rings. The summed E-state index contributed by atoms with van der Waals surface area (Å²) >= 11 is 0. The van der Waals surface area contributed by atoms with Crippen LogP contribution in [-0.4, -0.2) is 24.8 Å². The number of nitrogens with one attached hydrogen (secondary N) is 1. The number of allylic oxidation sites excluding steroid dienone is 2. The molecule has 90 valence electrons. The Bertz CT molecular complexity index is 300. The van der Waals surface area contributed by atoms with Crippen molar-refractivity contribution in [3.63, 3.8) is 0 Å². The standard InChI is InChI=1S/C11H17NO4/c1-11(2,3)16-10(14)12-8-6-5-7-9(13)15-4/h5-8H,1-4H3,(H,12,14)/b7-5-,8-6+. The van der Waals surface area contributed by atoms with E-state index >= 15 is 0 Å². The Morgan fingerprint density at radius 3 is 2.31 bits per heavy atom. The van der Waals surface area contributed by atoms with Gasteiger partial charge in [-0.25, -0.2) is 9.59 Å². The maximum atomic E-state index is 11.1. The Morgan fingerprint density at radius 1 is 1.19 bits per heavy atom. The number of methoxy groups -OCH3 is 1. The molecule has 0 atom stereocenters. The Labute approximate surface area is 95.1 Å². The summed E-state index contributed by atoms with van der Waals surface area (Å²) in [5, 5.41) is 2.39. The van der Waals surface area contributed by atoms with Crippen molar-refractivity contribution in [2.45, 2.75) is 26.4 Å². The molecule has 0 aliphatic heterocycles. The third-order valence-corrected chi connectivity index (χ3v) is 1.24. The summed E-state index contributed by atoms with van der Waals surface area (Å²) in [7, 11) is 1.29. The van der Waals surface area contributed by atoms with E-state index in [1.165, 1.54) is 31.5 Å². The molecule has 0 saturated carbocycles. The van der Waals surface area contributed by atoms with Gasteiger partial charge in [0.05, 0.1) is 7.11 Å². The lowest BCUT2D eigenvalue weighted by Gasteiger charge is -2.18. The molecule has 0 heterocycles. The maximum absolute atomic E-state index is 11.1. The lowest BCUT2D eigenvalue weighted by Crippen LogP contribution is -2.29. The predicted molar refractivity (Wildman–Crippen MR) is 59.7 cm³/mol. The van der Waals surface area contributed by atoms with Gasteiger partial charge in [-0.15, -0.1) is 0 Å². The minimum Gasteiger partial charge on any atom is -0.466 e. The van der Waals surface area contributed by atoms with Gasteiger partial charge in [-0.3, -0.25) is 5.32 Å². The largest absolute Gasteiger partial charge is 0.466 e. The number of rotatable bonds is 3. The lowest BCUT2D eigenvalue weighted by molar-refractivity contribution is -0.134. The fraction of sp³-hybridized carbons (Fsp3) is 0.455. The summed E-state index contributed by atoms with van der Waals surface area (Å²) in [5.74, 6) is -0.457. The molecular formula is C11H17NO4. The molecule has 16 heavy (non-hydrogen) atoms. The van der Waals surface area contributed by atoms with Crippen molar-refractivity contribution in [2.75, 3.05) is 7.11 Å². The molecule has 0 aliphatic carbocycles. The zero-order valence-corrected chi connectivity index (χ0v) is 9.94. The minimum atomic E-state index is -0.546. The quantitative estimate of drug-likeness (QED) is 0.453. The molecule has 0 radical (unpaired) electrons. The van der Waals surface area contributed by atoms with Crippen LogP contribution in [0.15, 0.2) is 24.4 Å². The Kier molecular flexibility index (Phi) is 5.92. The number of amides is 1. The average molecular weight is 227 g/mol. The van der Waals surface area contributed by atoms with Crippen LogP contribution >= 0.6 is 0 Å². The van der Waals surface area contributed by atoms with Crippen molar-refractivity contribution in [2.24, 2.45) is 0 Å². The molecule has 1 N–H and O–H groups in total. The van der Waals surface area contributed by atoms with Crippen molar-refractivity contribution in [3.05, 3.63) is 24.4 Å². The van der Waals surface area contributed by atoms with Gasteiger partial charge in [-0.2, -0.15) is 0 Å². The number of hydrogen-bond acceptors (Lipinski definition) is 4. The molecule has 0 bridgehead atoms. The minimum absolute atomic E-state index is 0.457. The fourth-order valence-corrected chi connectivity index (χ4v) is 0.681. The summed E-state index contributed by atoms with van der Waals surface area (Å²) in [6.07, 6.45) is 4.99. The van der Waals surface area contributed by atoms with Crippen LogP contribution in [0.4, 0.5) is 4.79 Å². The van der Waals surface area contributed by atoms with E-state index < -0.39 is 17.7 Å². The zero-order valence-electron chi connectivity index (χ0n) is 9.94. The number of carbonyl (C=O) groups is 2. The molecule has 0 aromatic carbocycles. The van der Waals surface area contributed by atoms with Gasteiger partial charge in [0.15, 0.2) is 0 Å². The van der Waals surface area contributed by atoms with Gasteiger partial charge < -0.3 is 9.47 Å². The molecule has 0 aliphatic rings. The highest BCUT2D eigenvalue weighted by atomic mass is 16.6. The molecule has 0 spiro atoms. The molecule has 0 unspecified atom stereocenters. The van der Waals surface area contributed by atoms with Gasteiger partial charge >= 0.3 is 12.1 Å². The van der Waals surface area contributed by atoms with E-state index in [1.54, 1.807) is 20.8 Å². The van der Waals surface area contributed by atoms with E-state index in [-0.39, 0.29) is 0 Å². The molecule has 0 fully saturated rings. The van der Waals surface area contributed by atoms with Crippen LogP contribution in [0.2, 0.25) is 0 Å². The Morgan fingerprint density at radius 2 is 1.81 bits per heavy atom. The number of alkyl carbamates (subject to hydrolysis) is 1. The number of ether oxygens (including phenoxy) is 2. The summed E-state index contributed by atoms with van der Waals surface area (Å²) in [5.41, 5.74) is -0.528. The van der Waals surface area contributed by atoms with E-state index in [4.69, 9.17) is 4.74 Å². The SMILES string of the molecule is COC(=O)/C=C\C=C\NC(=O)OC(C)(C)C. The predicted octanol–water partition coefficient (Wildman–Crippen LogP) is 1.75. The Balaban J connectivity index is 3.89. The molecular weight excluding hydrogens is 210 g/mol. The highest BCUT2D eigenvalue weighted by molar-refractivity contribution is 5.82. The van der Waals surface area contributed by atoms with Gasteiger partial charge in [-0.05, 0) is 26.8 Å². The molecule has 0 rings (SSSR count). The van der Waals surface area contributed by atoms with E-state index in [2.05, 4.69) is 10.1 Å². The normalized spacial score (nSPS) is 11.8. The highest BCUT2D eigenvalue weighted by Crippen LogP contribution is 2.06. The molecule has 0 saturated heterocycles. The fourth-order valence-electron chi connectivity index (χ4n) is 0.681. The molecule has 5 nitrogen and oxygen atoms in total. The van der Waals surface area contributed by atoms with E-state index in [0.717, 1.165) is 0 Å². The lowest BCUT2D eigenvalue weighted by atomic mass is 10.2. The van der Waals surface area contributed by atoms with Crippen molar-refractivity contribution in [1.82, 2.24) is 5.32 Å². The smallest absolute Gasteiger partial charge is 0.411 e. The number of hydrogen-bond donors (Lipinski definition) is 1. The van der Waals surface area contributed by atoms with Crippen LogP contribution in [0.3, 0.4) is 0 Å². The van der Waals surface area contributed by atoms with Crippen LogP contribution in [0.5, 0.6) is 0 Å². The molecule has 5 heteroatoms. The second-order valence-corrected chi connectivity index (χ2v) is 3.89. The van der Waals surface area contributed by atoms with Gasteiger partial charge in [0, 0.05) is 12.3 Å². The summed E-state index contributed by atoms with van der Waals surface area (Å²) in [6, 6.07) is 0. The number of esters is 1. The van der Waals surface area contributed by atoms with Crippen molar-refractivity contribution >= 4 is 12.1 Å². The van der Waals surface area contributed by atoms with Crippen LogP contribution in [0.25, 0.3) is 0 Å². The van der Waals surface area contributed by atoms with Crippen molar-refractivity contribution in [3.8, 4) is 0 Å². The van der Waals surface area contributed by atoms with E-state index in [1.807, 2.05) is 0 Å². The van der Waals surface area contributed by atoms with E-state index in [9.17, 15) is 9.59 Å². The topological polar surface area (TPSA) is 64.6 Å². The summed E-state index contributed by atoms with van der Waals surface area (Å²) < 4.78 is 9.34. The molecule has 1 amide bonds. The van der Waals surface area contributed by atoms with Crippen molar-refractivity contribution < 1.29 is 19.1 Å². The maximum Gasteiger partial charge on any atom is 0.411 e. The van der Waals surface area contributed by atoms with E-state index in [0.29, 0.717) is 0 Å². The van der Waals surface area contributed by atoms with Gasteiger partial charge in [-0.1, -0.05) is 6.08 Å². The average Bonchev–Trinajstić information content (AvgIpc) is 2.14. The van der Waals surface area contributed by atoms with Crippen LogP contribution in [0, 0.1) is 0 Å². The second kappa shape index (κ2) is 6.66. The first kappa shape index (κ1) is 14.2. The monoisotopic (exact) mass is 227 g/mol. The Hall–Kier alpha value is -1.78. The van der Waals surface area contributed by atoms with Crippen molar-refractivity contribution in [1.29, 1.82) is 0 Å². The third-order valence-electron chi connectivity index (χ3n) is 1.24. The summed E-state index contributed by atoms with van der Waals surface area (Å²) in [4.78, 5) is 21.8.